The summed E-state index contributed by atoms with van der Waals surface area (Å²) in [4.78, 5) is 8.91. The van der Waals surface area contributed by atoms with Crippen LogP contribution < -0.4 is 10.1 Å². The van der Waals surface area contributed by atoms with Gasteiger partial charge in [0.2, 0.25) is 11.8 Å². The van der Waals surface area contributed by atoms with E-state index in [2.05, 4.69) is 15.3 Å². The van der Waals surface area contributed by atoms with Gasteiger partial charge in [-0.15, -0.1) is 0 Å². The highest BCUT2D eigenvalue weighted by Crippen LogP contribution is 2.24. The summed E-state index contributed by atoms with van der Waals surface area (Å²) in [5, 5.41) is 3.09. The zero-order chi connectivity index (χ0) is 16.9. The number of hydrogen-bond acceptors (Lipinski definition) is 4. The molecule has 24 heavy (non-hydrogen) atoms. The van der Waals surface area contributed by atoms with E-state index < -0.39 is 0 Å². The van der Waals surface area contributed by atoms with Crippen molar-refractivity contribution in [2.45, 2.75) is 20.0 Å². The normalized spacial score (nSPS) is 10.7. The molecule has 0 aliphatic carbocycles. The predicted molar refractivity (Wildman–Crippen MR) is 92.9 cm³/mol. The Kier molecular flexibility index (Phi) is 4.70. The van der Waals surface area contributed by atoms with Gasteiger partial charge in [0.1, 0.15) is 5.82 Å². The van der Waals surface area contributed by atoms with Crippen molar-refractivity contribution in [3.05, 3.63) is 66.5 Å². The highest BCUT2D eigenvalue weighted by atomic mass is 19.1. The van der Waals surface area contributed by atoms with Gasteiger partial charge in [0.05, 0.1) is 11.8 Å². The third-order valence-electron chi connectivity index (χ3n) is 3.23. The minimum atomic E-state index is -0.289. The van der Waals surface area contributed by atoms with Crippen LogP contribution in [-0.4, -0.2) is 16.1 Å². The van der Waals surface area contributed by atoms with E-state index in [0.29, 0.717) is 17.5 Å². The first-order valence-corrected chi connectivity index (χ1v) is 7.74. The lowest BCUT2D eigenvalue weighted by Crippen LogP contribution is -2.09. The molecule has 3 rings (SSSR count). The lowest BCUT2D eigenvalue weighted by molar-refractivity contribution is 0.233. The van der Waals surface area contributed by atoms with E-state index in [1.54, 1.807) is 12.1 Å². The number of aromatic nitrogens is 2. The zero-order valence-electron chi connectivity index (χ0n) is 13.5. The number of rotatable bonds is 5. The molecule has 0 saturated carbocycles. The minimum absolute atomic E-state index is 0.00203. The van der Waals surface area contributed by atoms with Gasteiger partial charge >= 0.3 is 0 Å². The van der Waals surface area contributed by atoms with Crippen LogP contribution in [0, 0.1) is 5.82 Å². The van der Waals surface area contributed by atoms with E-state index in [4.69, 9.17) is 4.74 Å². The Hall–Kier alpha value is -2.95. The summed E-state index contributed by atoms with van der Waals surface area (Å²) >= 11 is 0. The van der Waals surface area contributed by atoms with Gasteiger partial charge in [0, 0.05) is 17.3 Å². The molecule has 0 aliphatic heterocycles. The quantitative estimate of drug-likeness (QED) is 0.731. The molecule has 0 fully saturated rings. The van der Waals surface area contributed by atoms with E-state index in [0.717, 1.165) is 11.3 Å². The highest BCUT2D eigenvalue weighted by molar-refractivity contribution is 5.63. The molecule has 1 aromatic heterocycles. The van der Waals surface area contributed by atoms with Crippen LogP contribution >= 0.6 is 0 Å². The van der Waals surface area contributed by atoms with Crippen LogP contribution in [0.2, 0.25) is 0 Å². The number of nitrogens with zero attached hydrogens (tertiary/aromatic N) is 2. The number of anilines is 2. The summed E-state index contributed by atoms with van der Waals surface area (Å²) < 4.78 is 18.8. The largest absolute Gasteiger partial charge is 0.475 e. The fourth-order valence-corrected chi connectivity index (χ4v) is 2.20. The summed E-state index contributed by atoms with van der Waals surface area (Å²) in [5.74, 6) is 0.602. The molecule has 4 nitrogen and oxygen atoms in total. The number of hydrogen-bond donors (Lipinski definition) is 1. The van der Waals surface area contributed by atoms with E-state index in [9.17, 15) is 4.39 Å². The fraction of sp³-hybridized carbons (Fsp3) is 0.158. The van der Waals surface area contributed by atoms with Crippen LogP contribution in [0.3, 0.4) is 0 Å². The number of nitrogens with one attached hydrogen (secondary N) is 1. The van der Waals surface area contributed by atoms with E-state index in [1.165, 1.54) is 12.1 Å². The van der Waals surface area contributed by atoms with Gasteiger partial charge in [-0.3, -0.25) is 0 Å². The second-order valence-corrected chi connectivity index (χ2v) is 5.58. The summed E-state index contributed by atoms with van der Waals surface area (Å²) in [6.07, 6.45) is 0.00203. The molecule has 1 heterocycles. The van der Waals surface area contributed by atoms with Crippen LogP contribution in [0.15, 0.2) is 60.7 Å². The predicted octanol–water partition coefficient (Wildman–Crippen LogP) is 4.81. The molecular weight excluding hydrogens is 305 g/mol. The first-order chi connectivity index (χ1) is 11.6. The van der Waals surface area contributed by atoms with Crippen molar-refractivity contribution in [3.8, 4) is 17.1 Å². The molecular formula is C19H18FN3O. The molecule has 2 aromatic carbocycles. The van der Waals surface area contributed by atoms with Gasteiger partial charge in [-0.2, -0.15) is 4.98 Å². The van der Waals surface area contributed by atoms with Crippen molar-refractivity contribution >= 4 is 11.6 Å². The van der Waals surface area contributed by atoms with Crippen molar-refractivity contribution in [2.24, 2.45) is 0 Å². The summed E-state index contributed by atoms with van der Waals surface area (Å²) in [6.45, 7) is 3.88. The maximum Gasteiger partial charge on any atom is 0.231 e. The molecule has 0 radical (unpaired) electrons. The van der Waals surface area contributed by atoms with Gasteiger partial charge < -0.3 is 10.1 Å². The molecule has 122 valence electrons. The van der Waals surface area contributed by atoms with Crippen molar-refractivity contribution in [3.63, 3.8) is 0 Å². The Morgan fingerprint density at radius 3 is 2.33 bits per heavy atom. The molecule has 1 N–H and O–H groups in total. The maximum absolute atomic E-state index is 13.0. The molecule has 0 saturated heterocycles. The Morgan fingerprint density at radius 2 is 1.67 bits per heavy atom. The number of halogens is 1. The molecule has 5 heteroatoms. The summed E-state index contributed by atoms with van der Waals surface area (Å²) in [5.41, 5.74) is 2.43. The van der Waals surface area contributed by atoms with E-state index >= 15 is 0 Å². The monoisotopic (exact) mass is 323 g/mol. The smallest absolute Gasteiger partial charge is 0.231 e. The van der Waals surface area contributed by atoms with Crippen LogP contribution in [-0.2, 0) is 0 Å². The molecule has 0 bridgehead atoms. The van der Waals surface area contributed by atoms with Crippen molar-refractivity contribution in [2.75, 3.05) is 5.32 Å². The van der Waals surface area contributed by atoms with Gasteiger partial charge in [-0.05, 0) is 38.1 Å². The highest BCUT2D eigenvalue weighted by Gasteiger charge is 2.09. The summed E-state index contributed by atoms with van der Waals surface area (Å²) in [6, 6.07) is 17.7. The second-order valence-electron chi connectivity index (χ2n) is 5.58. The van der Waals surface area contributed by atoms with E-state index in [1.807, 2.05) is 50.2 Å². The third kappa shape index (κ3) is 4.07. The average molecular weight is 323 g/mol. The standard InChI is InChI=1S/C19H18FN3O/c1-13(2)24-18-12-17(14-6-4-3-5-7-14)22-19(23-18)21-16-10-8-15(20)9-11-16/h3-13H,1-2H3,(H,21,22,23). The Bertz CT molecular complexity index is 805. The molecule has 0 amide bonds. The Labute approximate surface area is 140 Å². The summed E-state index contributed by atoms with van der Waals surface area (Å²) in [7, 11) is 0. The molecule has 0 spiro atoms. The van der Waals surface area contributed by atoms with Gasteiger partial charge in [-0.25, -0.2) is 9.37 Å². The van der Waals surface area contributed by atoms with Crippen LogP contribution in [0.1, 0.15) is 13.8 Å². The topological polar surface area (TPSA) is 47.0 Å². The van der Waals surface area contributed by atoms with Crippen LogP contribution in [0.25, 0.3) is 11.3 Å². The van der Waals surface area contributed by atoms with Gasteiger partial charge in [0.25, 0.3) is 0 Å². The van der Waals surface area contributed by atoms with Gasteiger partial charge in [-0.1, -0.05) is 30.3 Å². The minimum Gasteiger partial charge on any atom is -0.475 e. The molecule has 0 unspecified atom stereocenters. The lowest BCUT2D eigenvalue weighted by atomic mass is 10.1. The molecule has 0 aliphatic rings. The van der Waals surface area contributed by atoms with Crippen LogP contribution in [0.5, 0.6) is 5.88 Å². The third-order valence-corrected chi connectivity index (χ3v) is 3.23. The van der Waals surface area contributed by atoms with Crippen LogP contribution in [0.4, 0.5) is 16.0 Å². The Morgan fingerprint density at radius 1 is 0.958 bits per heavy atom. The average Bonchev–Trinajstić information content (AvgIpc) is 2.57. The van der Waals surface area contributed by atoms with Crippen molar-refractivity contribution in [1.29, 1.82) is 0 Å². The first-order valence-electron chi connectivity index (χ1n) is 7.74. The fourth-order valence-electron chi connectivity index (χ4n) is 2.20. The lowest BCUT2D eigenvalue weighted by Gasteiger charge is -2.13. The molecule has 3 aromatic rings. The van der Waals surface area contributed by atoms with Crippen molar-refractivity contribution in [1.82, 2.24) is 9.97 Å². The SMILES string of the molecule is CC(C)Oc1cc(-c2ccccc2)nc(Nc2ccc(F)cc2)n1. The number of benzene rings is 2. The first kappa shape index (κ1) is 15.9. The number of ether oxygens (including phenoxy) is 1. The van der Waals surface area contributed by atoms with E-state index in [-0.39, 0.29) is 11.9 Å². The second kappa shape index (κ2) is 7.08. The van der Waals surface area contributed by atoms with Gasteiger partial charge in [0.15, 0.2) is 0 Å². The molecule has 0 atom stereocenters. The Balaban J connectivity index is 1.96. The maximum atomic E-state index is 13.0. The zero-order valence-corrected chi connectivity index (χ0v) is 13.5. The van der Waals surface area contributed by atoms with Crippen molar-refractivity contribution < 1.29 is 9.13 Å².